The van der Waals surface area contributed by atoms with E-state index in [2.05, 4.69) is 5.32 Å². The Kier molecular flexibility index (Phi) is 5.71. The number of sulfonamides is 1. The molecule has 0 aromatic heterocycles. The lowest BCUT2D eigenvalue weighted by Crippen LogP contribution is -2.41. The number of morpholine rings is 1. The van der Waals surface area contributed by atoms with Crippen LogP contribution in [-0.2, 0) is 14.8 Å². The van der Waals surface area contributed by atoms with E-state index in [0.29, 0.717) is 38.1 Å². The van der Waals surface area contributed by atoms with Gasteiger partial charge < -0.3 is 10.1 Å². The van der Waals surface area contributed by atoms with Crippen molar-refractivity contribution in [2.45, 2.75) is 43.5 Å². The van der Waals surface area contributed by atoms with Crippen LogP contribution in [0.15, 0.2) is 23.1 Å². The van der Waals surface area contributed by atoms with Gasteiger partial charge in [0.25, 0.3) is 5.91 Å². The molecule has 2 aliphatic carbocycles. The Labute approximate surface area is 171 Å². The van der Waals surface area contributed by atoms with Crippen LogP contribution < -0.4 is 5.32 Å². The minimum atomic E-state index is -3.67. The van der Waals surface area contributed by atoms with Gasteiger partial charge in [0.1, 0.15) is 0 Å². The first-order valence-corrected chi connectivity index (χ1v) is 11.9. The highest BCUT2D eigenvalue weighted by atomic mass is 35.5. The highest BCUT2D eigenvalue weighted by Crippen LogP contribution is 2.49. The molecule has 154 valence electrons. The van der Waals surface area contributed by atoms with Crippen molar-refractivity contribution in [3.63, 3.8) is 0 Å². The highest BCUT2D eigenvalue weighted by Gasteiger charge is 2.42. The Morgan fingerprint density at radius 1 is 1.25 bits per heavy atom. The zero-order valence-corrected chi connectivity index (χ0v) is 17.6. The van der Waals surface area contributed by atoms with Crippen LogP contribution in [0.4, 0.5) is 0 Å². The lowest BCUT2D eigenvalue weighted by atomic mass is 9.84. The van der Waals surface area contributed by atoms with Gasteiger partial charge in [0.2, 0.25) is 10.0 Å². The van der Waals surface area contributed by atoms with Crippen LogP contribution in [0.5, 0.6) is 0 Å². The van der Waals surface area contributed by atoms with Crippen molar-refractivity contribution in [1.82, 2.24) is 9.62 Å². The molecule has 4 rings (SSSR count). The predicted octanol–water partition coefficient (Wildman–Crippen LogP) is 2.92. The molecule has 28 heavy (non-hydrogen) atoms. The first-order chi connectivity index (χ1) is 13.4. The maximum absolute atomic E-state index is 12.9. The Bertz CT molecular complexity index is 854. The number of fused-ring (bicyclic) bond motifs is 2. The van der Waals surface area contributed by atoms with Crippen molar-refractivity contribution in [1.29, 1.82) is 0 Å². The van der Waals surface area contributed by atoms with Crippen LogP contribution in [0.25, 0.3) is 0 Å². The topological polar surface area (TPSA) is 75.7 Å². The fourth-order valence-electron chi connectivity index (χ4n) is 5.07. The van der Waals surface area contributed by atoms with Crippen LogP contribution in [0.1, 0.15) is 43.0 Å². The molecular formula is C20H27ClN2O4S. The number of ether oxygens (including phenoxy) is 1. The number of hydrogen-bond acceptors (Lipinski definition) is 4. The molecule has 1 aromatic rings. The molecule has 1 heterocycles. The maximum Gasteiger partial charge on any atom is 0.253 e. The van der Waals surface area contributed by atoms with Gasteiger partial charge in [-0.3, -0.25) is 4.79 Å². The van der Waals surface area contributed by atoms with E-state index < -0.39 is 10.0 Å². The maximum atomic E-state index is 12.9. The van der Waals surface area contributed by atoms with Gasteiger partial charge in [0.05, 0.1) is 28.7 Å². The number of nitrogens with one attached hydrogen (secondary N) is 1. The molecule has 1 aromatic carbocycles. The Morgan fingerprint density at radius 2 is 2.00 bits per heavy atom. The molecule has 2 saturated carbocycles. The summed E-state index contributed by atoms with van der Waals surface area (Å²) >= 11 is 6.24. The van der Waals surface area contributed by atoms with Gasteiger partial charge in [-0.15, -0.1) is 0 Å². The second-order valence-corrected chi connectivity index (χ2v) is 10.6. The van der Waals surface area contributed by atoms with Gasteiger partial charge in [-0.1, -0.05) is 18.0 Å². The number of rotatable bonds is 5. The number of benzene rings is 1. The third kappa shape index (κ3) is 3.82. The van der Waals surface area contributed by atoms with E-state index in [9.17, 15) is 13.2 Å². The molecule has 4 unspecified atom stereocenters. The normalized spacial score (nSPS) is 29.0. The van der Waals surface area contributed by atoms with Gasteiger partial charge in [-0.25, -0.2) is 8.42 Å². The SMILES string of the molecule is CC(NC(=O)c1cc(S(=O)(=O)N2CCOCC2)ccc1Cl)C1CC2CCC1C2. The second-order valence-electron chi connectivity index (χ2n) is 8.26. The van der Waals surface area contributed by atoms with Gasteiger partial charge in [-0.05, 0) is 62.1 Å². The van der Waals surface area contributed by atoms with Gasteiger partial charge >= 0.3 is 0 Å². The van der Waals surface area contributed by atoms with Crippen LogP contribution in [0.2, 0.25) is 5.02 Å². The molecule has 4 atom stereocenters. The quantitative estimate of drug-likeness (QED) is 0.785. The molecule has 8 heteroatoms. The number of carbonyl (C=O) groups excluding carboxylic acids is 1. The molecule has 1 aliphatic heterocycles. The largest absolute Gasteiger partial charge is 0.379 e. The molecule has 2 bridgehead atoms. The average Bonchev–Trinajstić information content (AvgIpc) is 3.32. The number of hydrogen-bond donors (Lipinski definition) is 1. The van der Waals surface area contributed by atoms with E-state index in [4.69, 9.17) is 16.3 Å². The number of amides is 1. The average molecular weight is 427 g/mol. The zero-order valence-electron chi connectivity index (χ0n) is 16.1. The van der Waals surface area contributed by atoms with E-state index in [0.717, 1.165) is 5.92 Å². The van der Waals surface area contributed by atoms with Crippen molar-refractivity contribution in [3.8, 4) is 0 Å². The third-order valence-electron chi connectivity index (χ3n) is 6.58. The first kappa shape index (κ1) is 20.1. The molecule has 0 radical (unpaired) electrons. The summed E-state index contributed by atoms with van der Waals surface area (Å²) in [5, 5.41) is 3.33. The summed E-state index contributed by atoms with van der Waals surface area (Å²) in [7, 11) is -3.67. The lowest BCUT2D eigenvalue weighted by Gasteiger charge is -2.29. The van der Waals surface area contributed by atoms with E-state index in [1.807, 2.05) is 6.92 Å². The minimum absolute atomic E-state index is 0.0540. The number of halogens is 1. The zero-order chi connectivity index (χ0) is 19.9. The number of carbonyl (C=O) groups is 1. The molecular weight excluding hydrogens is 400 g/mol. The lowest BCUT2D eigenvalue weighted by molar-refractivity contribution is 0.0730. The van der Waals surface area contributed by atoms with Crippen LogP contribution in [0.3, 0.4) is 0 Å². The molecule has 1 N–H and O–H groups in total. The summed E-state index contributed by atoms with van der Waals surface area (Å²) in [5.74, 6) is 1.70. The van der Waals surface area contributed by atoms with Gasteiger partial charge in [0.15, 0.2) is 0 Å². The molecule has 3 fully saturated rings. The standard InChI is InChI=1S/C20H27ClN2O4S/c1-13(17-11-14-2-3-15(17)10-14)22-20(24)18-12-16(4-5-19(18)21)28(25,26)23-6-8-27-9-7-23/h4-5,12-15,17H,2-3,6-11H2,1H3,(H,22,24). The highest BCUT2D eigenvalue weighted by molar-refractivity contribution is 7.89. The summed E-state index contributed by atoms with van der Waals surface area (Å²) in [4.78, 5) is 13.0. The second kappa shape index (κ2) is 7.94. The molecule has 0 spiro atoms. The Hall–Kier alpha value is -1.15. The van der Waals surface area contributed by atoms with Crippen LogP contribution in [-0.4, -0.2) is 51.0 Å². The molecule has 1 saturated heterocycles. The van der Waals surface area contributed by atoms with Crippen molar-refractivity contribution >= 4 is 27.5 Å². The van der Waals surface area contributed by atoms with E-state index in [-0.39, 0.29) is 27.4 Å². The molecule has 6 nitrogen and oxygen atoms in total. The number of nitrogens with zero attached hydrogens (tertiary/aromatic N) is 1. The van der Waals surface area contributed by atoms with Crippen molar-refractivity contribution < 1.29 is 17.9 Å². The van der Waals surface area contributed by atoms with E-state index in [1.165, 1.54) is 48.2 Å². The van der Waals surface area contributed by atoms with Crippen molar-refractivity contribution in [2.24, 2.45) is 17.8 Å². The van der Waals surface area contributed by atoms with Gasteiger partial charge in [0, 0.05) is 19.1 Å². The summed E-state index contributed by atoms with van der Waals surface area (Å²) in [6.07, 6.45) is 5.02. The molecule has 1 amide bonds. The smallest absolute Gasteiger partial charge is 0.253 e. The fourth-order valence-corrected chi connectivity index (χ4v) is 6.71. The summed E-state index contributed by atoms with van der Waals surface area (Å²) in [6, 6.07) is 4.41. The van der Waals surface area contributed by atoms with Crippen LogP contribution in [0, 0.1) is 17.8 Å². The Balaban J connectivity index is 1.51. The van der Waals surface area contributed by atoms with Gasteiger partial charge in [-0.2, -0.15) is 4.31 Å². The van der Waals surface area contributed by atoms with E-state index >= 15 is 0 Å². The summed E-state index contributed by atoms with van der Waals surface area (Å²) in [6.45, 7) is 3.43. The Morgan fingerprint density at radius 3 is 2.64 bits per heavy atom. The molecule has 3 aliphatic rings. The van der Waals surface area contributed by atoms with E-state index in [1.54, 1.807) is 0 Å². The fraction of sp³-hybridized carbons (Fsp3) is 0.650. The third-order valence-corrected chi connectivity index (χ3v) is 8.81. The predicted molar refractivity (Wildman–Crippen MR) is 107 cm³/mol. The minimum Gasteiger partial charge on any atom is -0.379 e. The van der Waals surface area contributed by atoms with Crippen LogP contribution >= 0.6 is 11.6 Å². The van der Waals surface area contributed by atoms with Crippen molar-refractivity contribution in [3.05, 3.63) is 28.8 Å². The first-order valence-electron chi connectivity index (χ1n) is 10.0. The van der Waals surface area contributed by atoms with Crippen molar-refractivity contribution in [2.75, 3.05) is 26.3 Å². The summed E-state index contributed by atoms with van der Waals surface area (Å²) < 4.78 is 32.4. The monoisotopic (exact) mass is 426 g/mol. The summed E-state index contributed by atoms with van der Waals surface area (Å²) in [5.41, 5.74) is 0.214.